The third-order valence-electron chi connectivity index (χ3n) is 16.7. The van der Waals surface area contributed by atoms with Gasteiger partial charge < -0.3 is 19.2 Å². The largest absolute Gasteiger partial charge is 0.485 e. The van der Waals surface area contributed by atoms with E-state index in [1.54, 1.807) is 11.3 Å². The Bertz CT molecular complexity index is 4880. The second kappa shape index (κ2) is 18.7. The van der Waals surface area contributed by atoms with Gasteiger partial charge in [-0.2, -0.15) is 0 Å². The van der Waals surface area contributed by atoms with Gasteiger partial charge in [-0.25, -0.2) is 24.9 Å². The van der Waals surface area contributed by atoms with Crippen LogP contribution in [0.2, 0.25) is 0 Å². The van der Waals surface area contributed by atoms with E-state index in [0.29, 0.717) is 23.3 Å². The van der Waals surface area contributed by atoms with E-state index in [1.807, 2.05) is 30.3 Å². The van der Waals surface area contributed by atoms with Gasteiger partial charge in [-0.1, -0.05) is 170 Å². The van der Waals surface area contributed by atoms with Crippen LogP contribution in [-0.2, 0) is 4.74 Å². The van der Waals surface area contributed by atoms with Crippen molar-refractivity contribution in [3.63, 3.8) is 0 Å². The van der Waals surface area contributed by atoms with Crippen molar-refractivity contribution in [3.05, 3.63) is 282 Å². The molecule has 82 heavy (non-hydrogen) atoms. The molecule has 388 valence electrons. The molecule has 0 bridgehead atoms. The first-order valence-electron chi connectivity index (χ1n) is 28.0. The third kappa shape index (κ3) is 7.34. The highest BCUT2D eigenvalue weighted by Crippen LogP contribution is 2.62. The molecule has 0 saturated carbocycles. The number of nitrogens with one attached hydrogen (secondary N) is 1. The van der Waals surface area contributed by atoms with E-state index in [1.165, 1.54) is 48.0 Å². The van der Waals surface area contributed by atoms with Crippen LogP contribution in [0, 0.1) is 0 Å². The van der Waals surface area contributed by atoms with Crippen LogP contribution in [0.4, 0.5) is 0 Å². The Kier molecular flexibility index (Phi) is 10.6. The first kappa shape index (κ1) is 46.6. The van der Waals surface area contributed by atoms with Gasteiger partial charge in [0.15, 0.2) is 23.3 Å². The molecule has 2 aliphatic carbocycles. The van der Waals surface area contributed by atoms with Crippen LogP contribution in [0.25, 0.3) is 98.8 Å². The maximum atomic E-state index is 7.37. The fourth-order valence-corrected chi connectivity index (χ4v) is 14.2. The highest BCUT2D eigenvalue weighted by molar-refractivity contribution is 7.25. The van der Waals surface area contributed by atoms with E-state index in [9.17, 15) is 0 Å². The predicted octanol–water partition coefficient (Wildman–Crippen LogP) is 17.1. The molecule has 1 N–H and O–H groups in total. The van der Waals surface area contributed by atoms with E-state index < -0.39 is 6.17 Å². The predicted molar refractivity (Wildman–Crippen MR) is 332 cm³/mol. The number of para-hydroxylation sites is 3. The molecule has 4 aromatic heterocycles. The first-order valence-corrected chi connectivity index (χ1v) is 28.8. The van der Waals surface area contributed by atoms with E-state index in [-0.39, 0.29) is 12.0 Å². The summed E-state index contributed by atoms with van der Waals surface area (Å²) in [6.45, 7) is 0. The lowest BCUT2D eigenvalue weighted by molar-refractivity contribution is 0.140. The summed E-state index contributed by atoms with van der Waals surface area (Å²) >= 11 is 1.80. The lowest BCUT2D eigenvalue weighted by atomic mass is 9.77. The Labute approximate surface area is 476 Å². The van der Waals surface area contributed by atoms with Crippen molar-refractivity contribution < 1.29 is 4.74 Å². The average molecular weight is 1070 g/mol. The van der Waals surface area contributed by atoms with Crippen molar-refractivity contribution >= 4 is 65.0 Å². The maximum Gasteiger partial charge on any atom is 0.164 e. The van der Waals surface area contributed by atoms with E-state index in [4.69, 9.17) is 29.7 Å². The Hall–Kier alpha value is -10.3. The minimum absolute atomic E-state index is 0.0226. The van der Waals surface area contributed by atoms with Crippen LogP contribution in [0.1, 0.15) is 59.0 Å². The molecular weight excluding hydrogens is 1020 g/mol. The second-order valence-electron chi connectivity index (χ2n) is 21.4. The number of hydrogen-bond acceptors (Lipinski definition) is 8. The van der Waals surface area contributed by atoms with Crippen LogP contribution in [-0.4, -0.2) is 35.8 Å². The molecule has 9 aromatic carbocycles. The molecule has 0 spiro atoms. The van der Waals surface area contributed by atoms with Crippen molar-refractivity contribution in [2.45, 2.75) is 31.0 Å². The summed E-state index contributed by atoms with van der Waals surface area (Å²) in [6, 6.07) is 81.3. The number of rotatable bonds is 8. The molecule has 3 unspecified atom stereocenters. The lowest BCUT2D eigenvalue weighted by Crippen LogP contribution is -2.33. The lowest BCUT2D eigenvalue weighted by Gasteiger charge is -2.31. The number of allylic oxidation sites excluding steroid dienone is 2. The van der Waals surface area contributed by atoms with Gasteiger partial charge in [0.05, 0.1) is 28.3 Å². The molecule has 0 amide bonds. The fraction of sp³-hybridized carbons (Fsp3) is 0.0694. The first-order chi connectivity index (χ1) is 40.7. The van der Waals surface area contributed by atoms with Crippen LogP contribution in [0.3, 0.4) is 0 Å². The quantitative estimate of drug-likeness (QED) is 0.164. The Morgan fingerprint density at radius 3 is 1.90 bits per heavy atom. The maximum absolute atomic E-state index is 7.37. The molecule has 3 atom stereocenters. The summed E-state index contributed by atoms with van der Waals surface area (Å²) in [5, 5.41) is 8.44. The van der Waals surface area contributed by atoms with Crippen molar-refractivity contribution in [1.29, 1.82) is 0 Å². The van der Waals surface area contributed by atoms with Gasteiger partial charge in [-0.05, 0) is 96.8 Å². The van der Waals surface area contributed by atoms with Gasteiger partial charge in [0.1, 0.15) is 23.9 Å². The number of amidine groups is 2. The van der Waals surface area contributed by atoms with Gasteiger partial charge >= 0.3 is 0 Å². The van der Waals surface area contributed by atoms with Crippen molar-refractivity contribution in [2.75, 3.05) is 0 Å². The molecule has 0 saturated heterocycles. The molecule has 17 rings (SSSR count). The smallest absolute Gasteiger partial charge is 0.164 e. The molecule has 0 fully saturated rings. The van der Waals surface area contributed by atoms with Gasteiger partial charge in [0, 0.05) is 81.3 Å². The van der Waals surface area contributed by atoms with Gasteiger partial charge in [0.2, 0.25) is 0 Å². The normalized spacial score (nSPS) is 17.0. The van der Waals surface area contributed by atoms with E-state index in [2.05, 4.69) is 227 Å². The Morgan fingerprint density at radius 2 is 1.13 bits per heavy atom. The molecule has 6 heterocycles. The van der Waals surface area contributed by atoms with Crippen LogP contribution in [0.15, 0.2) is 264 Å². The molecule has 13 aromatic rings. The number of thiophene rings is 1. The second-order valence-corrected chi connectivity index (χ2v) is 22.4. The number of aliphatic imine (C=N–C) groups is 2. The average Bonchev–Trinajstić information content (AvgIpc) is 2.07. The van der Waals surface area contributed by atoms with Crippen LogP contribution in [0.5, 0.6) is 0 Å². The molecule has 2 aliphatic heterocycles. The van der Waals surface area contributed by atoms with Crippen molar-refractivity contribution in [3.8, 4) is 56.8 Å². The number of nitrogens with zero attached hydrogens (tertiary/aromatic N) is 7. The van der Waals surface area contributed by atoms with E-state index >= 15 is 0 Å². The van der Waals surface area contributed by atoms with Crippen molar-refractivity contribution in [2.24, 2.45) is 9.98 Å². The zero-order chi connectivity index (χ0) is 53.8. The van der Waals surface area contributed by atoms with Crippen LogP contribution >= 0.6 is 11.3 Å². The third-order valence-corrected chi connectivity index (χ3v) is 17.8. The van der Waals surface area contributed by atoms with Gasteiger partial charge in [-0.15, -0.1) is 11.3 Å². The van der Waals surface area contributed by atoms with Crippen molar-refractivity contribution in [1.82, 2.24) is 29.4 Å². The molecule has 10 heteroatoms. The highest BCUT2D eigenvalue weighted by Gasteiger charge is 2.49. The van der Waals surface area contributed by atoms with E-state index in [0.717, 1.165) is 91.3 Å². The number of fused-ring (bicyclic) bond motifs is 14. The molecular formula is C72H48N8OS. The Balaban J connectivity index is 0.958. The number of hydrogen-bond donors (Lipinski definition) is 1. The zero-order valence-corrected chi connectivity index (χ0v) is 45.0. The number of ether oxygens (including phenoxy) is 1. The SMILES string of the molecule is C1=CC2=C(CC1)C1c3c(c4ccccc4n3-c3ccccc3)-c3c(c4ccccc4n3-c3ccc(-c4nc(-c5ccccc5)nc(-c5ccc6sc7ccccc7c6c5)n4)cc3C3=NC(c4ccccc4)NC(c4ccccc4)=N3)C1O2. The monoisotopic (exact) mass is 1070 g/mol. The minimum atomic E-state index is -0.458. The highest BCUT2D eigenvalue weighted by atomic mass is 32.1. The molecule has 4 aliphatic rings. The number of benzene rings is 9. The van der Waals surface area contributed by atoms with Gasteiger partial charge in [0.25, 0.3) is 0 Å². The molecule has 9 nitrogen and oxygen atoms in total. The minimum Gasteiger partial charge on any atom is -0.485 e. The fourth-order valence-electron chi connectivity index (χ4n) is 13.1. The number of aromatic nitrogens is 5. The summed E-state index contributed by atoms with van der Waals surface area (Å²) in [6.07, 6.45) is 5.63. The zero-order valence-electron chi connectivity index (χ0n) is 44.2. The summed E-state index contributed by atoms with van der Waals surface area (Å²) < 4.78 is 14.8. The summed E-state index contributed by atoms with van der Waals surface area (Å²) in [7, 11) is 0. The topological polar surface area (TPSA) is 94.5 Å². The summed E-state index contributed by atoms with van der Waals surface area (Å²) in [5.74, 6) is 3.96. The van der Waals surface area contributed by atoms with Crippen LogP contribution < -0.4 is 5.32 Å². The summed E-state index contributed by atoms with van der Waals surface area (Å²) in [5.41, 5.74) is 15.7. The standard InChI is InChI=1S/C72H48N8OS/c1-5-21-43(22-6-1)67-74-70(76-71(75-67)47-38-40-60-53(41-47)49-29-16-20-36-59(49)82-60)46-37-39-57(54(42-46)72-77-68(44-23-7-2-8-24-44)73-69(78-72)45-25-9-3-10-26-45)80-56-34-18-14-31-51(56)62-65(80)61-50-30-13-17-33-55(50)79(48-27-11-4-12-28-48)64(61)63-52-32-15-19-35-58(52)81-66(62)63/h1-14,16-31,33-42,63,66,68H,15,32H2,(H,73,77,78). The molecule has 0 radical (unpaired) electrons. The summed E-state index contributed by atoms with van der Waals surface area (Å²) in [4.78, 5) is 27.2. The van der Waals surface area contributed by atoms with Gasteiger partial charge in [-0.3, -0.25) is 0 Å². The Morgan fingerprint density at radius 1 is 0.524 bits per heavy atom.